The smallest absolute Gasteiger partial charge is 0.259 e. The first-order valence-corrected chi connectivity index (χ1v) is 11.7. The molecule has 186 valence electrons. The lowest BCUT2D eigenvalue weighted by Gasteiger charge is -2.37. The molecule has 1 aliphatic carbocycles. The van der Waals surface area contributed by atoms with E-state index in [4.69, 9.17) is 10.2 Å². The molecule has 0 bridgehead atoms. The molecule has 1 aliphatic heterocycles. The first-order valence-electron chi connectivity index (χ1n) is 11.7. The number of piperazine rings is 1. The molecule has 3 aromatic heterocycles. The Labute approximate surface area is 203 Å². The number of carbonyl (C=O) groups is 1. The Hall–Kier alpha value is -4.29. The van der Waals surface area contributed by atoms with Gasteiger partial charge in [0.05, 0.1) is 12.0 Å². The Morgan fingerprint density at radius 1 is 1.11 bits per heavy atom. The molecule has 0 radical (unpaired) electrons. The number of aromatic nitrogens is 5. The fraction of sp³-hybridized carbons (Fsp3) is 0.348. The van der Waals surface area contributed by atoms with Crippen LogP contribution in [0.3, 0.4) is 0 Å². The Kier molecular flexibility index (Phi) is 5.38. The number of nitrogens with zero attached hydrogens (tertiary/aromatic N) is 7. The summed E-state index contributed by atoms with van der Waals surface area (Å²) in [7, 11) is 0. The molecule has 0 unspecified atom stereocenters. The summed E-state index contributed by atoms with van der Waals surface area (Å²) in [6, 6.07) is 6.46. The number of furan rings is 1. The third kappa shape index (κ3) is 4.16. The number of anilines is 3. The van der Waals surface area contributed by atoms with Crippen LogP contribution in [0.25, 0.3) is 17.4 Å². The topological polar surface area (TPSA) is 131 Å². The van der Waals surface area contributed by atoms with E-state index in [1.807, 2.05) is 4.90 Å². The van der Waals surface area contributed by atoms with Crippen molar-refractivity contribution in [3.05, 3.63) is 48.2 Å². The zero-order chi connectivity index (χ0) is 24.8. The van der Waals surface area contributed by atoms with Gasteiger partial charge in [0.15, 0.2) is 5.76 Å². The van der Waals surface area contributed by atoms with Crippen molar-refractivity contribution in [1.82, 2.24) is 29.5 Å². The quantitative estimate of drug-likeness (QED) is 0.413. The molecular formula is C23H23F2N9O2. The van der Waals surface area contributed by atoms with Gasteiger partial charge in [-0.3, -0.25) is 4.79 Å². The number of halogens is 2. The molecule has 2 fully saturated rings. The van der Waals surface area contributed by atoms with Gasteiger partial charge >= 0.3 is 0 Å². The standard InChI is InChI=1S/C23H23F2N9O2/c24-14-5-6-16(15(25)12-14)32-7-9-33(10-8-32)20(35)18(13-3-4-13)27-22-29-21(26)34-23(30-22)28-19(31-34)17-2-1-11-36-17/h1-2,5-6,11-13,18H,3-4,7-10H2,(H3,26,27,28,29,30,31)/t18-/m0/s1. The number of fused-ring (bicyclic) bond motifs is 1. The van der Waals surface area contributed by atoms with Gasteiger partial charge in [0, 0.05) is 32.2 Å². The fourth-order valence-corrected chi connectivity index (χ4v) is 4.43. The van der Waals surface area contributed by atoms with E-state index in [1.54, 1.807) is 17.0 Å². The molecule has 3 N–H and O–H groups in total. The number of benzene rings is 1. The summed E-state index contributed by atoms with van der Waals surface area (Å²) in [4.78, 5) is 30.0. The van der Waals surface area contributed by atoms with Gasteiger partial charge in [0.1, 0.15) is 17.7 Å². The van der Waals surface area contributed by atoms with Crippen LogP contribution in [0.2, 0.25) is 0 Å². The maximum atomic E-state index is 14.2. The minimum atomic E-state index is -0.618. The molecule has 2 aliphatic rings. The normalized spacial score (nSPS) is 16.9. The maximum absolute atomic E-state index is 14.2. The van der Waals surface area contributed by atoms with Gasteiger partial charge in [0.2, 0.25) is 23.6 Å². The van der Waals surface area contributed by atoms with Crippen molar-refractivity contribution in [3.8, 4) is 11.6 Å². The summed E-state index contributed by atoms with van der Waals surface area (Å²) in [5.41, 5.74) is 6.42. The predicted molar refractivity (Wildman–Crippen MR) is 126 cm³/mol. The van der Waals surface area contributed by atoms with Gasteiger partial charge in [-0.05, 0) is 43.0 Å². The lowest BCUT2D eigenvalue weighted by Crippen LogP contribution is -2.53. The number of hydrogen-bond acceptors (Lipinski definition) is 9. The molecule has 0 spiro atoms. The molecule has 36 heavy (non-hydrogen) atoms. The van der Waals surface area contributed by atoms with Crippen LogP contribution in [0.15, 0.2) is 41.0 Å². The van der Waals surface area contributed by atoms with Gasteiger partial charge in [-0.2, -0.15) is 19.5 Å². The molecule has 1 atom stereocenters. The minimum Gasteiger partial charge on any atom is -0.461 e. The maximum Gasteiger partial charge on any atom is 0.259 e. The van der Waals surface area contributed by atoms with E-state index < -0.39 is 17.7 Å². The van der Waals surface area contributed by atoms with Gasteiger partial charge in [0.25, 0.3) is 5.78 Å². The third-order valence-electron chi connectivity index (χ3n) is 6.46. The van der Waals surface area contributed by atoms with Crippen LogP contribution in [0.1, 0.15) is 12.8 Å². The van der Waals surface area contributed by atoms with Crippen molar-refractivity contribution in [2.24, 2.45) is 5.92 Å². The summed E-state index contributed by atoms with van der Waals surface area (Å²) in [6.07, 6.45) is 3.34. The molecule has 1 aromatic carbocycles. The summed E-state index contributed by atoms with van der Waals surface area (Å²) in [6.45, 7) is 1.71. The number of nitrogens with two attached hydrogens (primary N) is 1. The second-order valence-corrected chi connectivity index (χ2v) is 8.90. The summed E-state index contributed by atoms with van der Waals surface area (Å²) in [5, 5.41) is 7.44. The Morgan fingerprint density at radius 2 is 1.92 bits per heavy atom. The Morgan fingerprint density at radius 3 is 2.61 bits per heavy atom. The van der Waals surface area contributed by atoms with E-state index in [2.05, 4.69) is 25.4 Å². The van der Waals surface area contributed by atoms with E-state index in [1.165, 1.54) is 22.9 Å². The largest absolute Gasteiger partial charge is 0.461 e. The van der Waals surface area contributed by atoms with Gasteiger partial charge in [-0.25, -0.2) is 8.78 Å². The van der Waals surface area contributed by atoms with Gasteiger partial charge in [-0.15, -0.1) is 5.10 Å². The fourth-order valence-electron chi connectivity index (χ4n) is 4.43. The SMILES string of the molecule is Nc1nc(N[C@H](C(=O)N2CCN(c3ccc(F)cc3F)CC2)C2CC2)nc2nc(-c3ccco3)nn12. The molecule has 11 nitrogen and oxygen atoms in total. The highest BCUT2D eigenvalue weighted by Crippen LogP contribution is 2.35. The van der Waals surface area contributed by atoms with E-state index in [0.717, 1.165) is 18.9 Å². The lowest BCUT2D eigenvalue weighted by molar-refractivity contribution is -0.132. The monoisotopic (exact) mass is 495 g/mol. The van der Waals surface area contributed by atoms with Crippen LogP contribution in [-0.4, -0.2) is 67.6 Å². The minimum absolute atomic E-state index is 0.0727. The zero-order valence-corrected chi connectivity index (χ0v) is 19.1. The molecule has 1 saturated heterocycles. The summed E-state index contributed by atoms with van der Waals surface area (Å²) in [5.74, 6) is 0.144. The van der Waals surface area contributed by atoms with Crippen LogP contribution >= 0.6 is 0 Å². The first-order chi connectivity index (χ1) is 17.5. The second-order valence-electron chi connectivity index (χ2n) is 8.90. The molecule has 1 amide bonds. The number of amides is 1. The summed E-state index contributed by atoms with van der Waals surface area (Å²) >= 11 is 0. The Bertz CT molecular complexity index is 1410. The molecule has 1 saturated carbocycles. The highest BCUT2D eigenvalue weighted by Gasteiger charge is 2.40. The van der Waals surface area contributed by atoms with E-state index >= 15 is 0 Å². The highest BCUT2D eigenvalue weighted by molar-refractivity contribution is 5.85. The second kappa shape index (κ2) is 8.73. The number of nitrogen functional groups attached to an aromatic ring is 1. The van der Waals surface area contributed by atoms with Gasteiger partial charge in [-0.1, -0.05) is 0 Å². The first kappa shape index (κ1) is 22.2. The average molecular weight is 495 g/mol. The zero-order valence-electron chi connectivity index (χ0n) is 19.1. The van der Waals surface area contributed by atoms with Crippen molar-refractivity contribution < 1.29 is 18.0 Å². The van der Waals surface area contributed by atoms with Gasteiger partial charge < -0.3 is 25.3 Å². The van der Waals surface area contributed by atoms with Crippen LogP contribution in [0.5, 0.6) is 0 Å². The van der Waals surface area contributed by atoms with E-state index in [9.17, 15) is 13.6 Å². The van der Waals surface area contributed by atoms with Crippen LogP contribution < -0.4 is 16.0 Å². The summed E-state index contributed by atoms with van der Waals surface area (Å²) < 4.78 is 34.1. The average Bonchev–Trinajstić information content (AvgIpc) is 3.36. The number of carbonyl (C=O) groups excluding carboxylic acids is 1. The Balaban J connectivity index is 1.17. The van der Waals surface area contributed by atoms with Crippen molar-refractivity contribution in [3.63, 3.8) is 0 Å². The molecule has 4 aromatic rings. The van der Waals surface area contributed by atoms with E-state index in [0.29, 0.717) is 43.5 Å². The molecule has 4 heterocycles. The van der Waals surface area contributed by atoms with Crippen LogP contribution in [0, 0.1) is 17.6 Å². The number of hydrogen-bond donors (Lipinski definition) is 2. The lowest BCUT2D eigenvalue weighted by atomic mass is 10.1. The molecule has 13 heteroatoms. The predicted octanol–water partition coefficient (Wildman–Crippen LogP) is 2.18. The van der Waals surface area contributed by atoms with Crippen molar-refractivity contribution in [1.29, 1.82) is 0 Å². The molecule has 6 rings (SSSR count). The van der Waals surface area contributed by atoms with E-state index in [-0.39, 0.29) is 29.5 Å². The van der Waals surface area contributed by atoms with Crippen LogP contribution in [-0.2, 0) is 4.79 Å². The number of rotatable bonds is 6. The third-order valence-corrected chi connectivity index (χ3v) is 6.46. The van der Waals surface area contributed by atoms with Crippen LogP contribution in [0.4, 0.5) is 26.4 Å². The molecular weight excluding hydrogens is 472 g/mol. The van der Waals surface area contributed by atoms with Crippen molar-refractivity contribution in [2.75, 3.05) is 42.1 Å². The van der Waals surface area contributed by atoms with Crippen molar-refractivity contribution >= 4 is 29.3 Å². The number of nitrogens with one attached hydrogen (secondary N) is 1. The van der Waals surface area contributed by atoms with Crippen molar-refractivity contribution in [2.45, 2.75) is 18.9 Å². The highest BCUT2D eigenvalue weighted by atomic mass is 19.1.